The van der Waals surface area contributed by atoms with Crippen LogP contribution < -0.4 is 4.74 Å². The molecule has 2 rings (SSSR count). The fourth-order valence-electron chi connectivity index (χ4n) is 1.69. The predicted molar refractivity (Wildman–Crippen MR) is 68.0 cm³/mol. The van der Waals surface area contributed by atoms with Crippen LogP contribution in [0.25, 0.3) is 0 Å². The maximum atomic E-state index is 13.5. The van der Waals surface area contributed by atoms with Crippen LogP contribution in [0, 0.1) is 17.5 Å². The van der Waals surface area contributed by atoms with Gasteiger partial charge < -0.3 is 4.74 Å². The Bertz CT molecular complexity index is 678. The number of ketones is 1. The first kappa shape index (κ1) is 14.8. The van der Waals surface area contributed by atoms with Crippen LogP contribution in [0.15, 0.2) is 36.4 Å². The lowest BCUT2D eigenvalue weighted by molar-refractivity contribution is 0.0909. The smallest absolute Gasteiger partial charge is 0.206 e. The molecule has 108 valence electrons. The summed E-state index contributed by atoms with van der Waals surface area (Å²) in [5.74, 6) is -4.11. The van der Waals surface area contributed by atoms with E-state index < -0.39 is 35.4 Å². The third-order valence-electron chi connectivity index (χ3n) is 2.69. The minimum atomic E-state index is -1.01. The van der Waals surface area contributed by atoms with E-state index in [9.17, 15) is 22.8 Å². The van der Waals surface area contributed by atoms with Gasteiger partial charge in [0, 0.05) is 5.56 Å². The maximum Gasteiger partial charge on any atom is 0.206 e. The average molecular weight is 294 g/mol. The molecule has 0 heterocycles. The van der Waals surface area contributed by atoms with Crippen molar-refractivity contribution in [1.82, 2.24) is 0 Å². The quantitative estimate of drug-likeness (QED) is 0.628. The second-order valence-electron chi connectivity index (χ2n) is 4.12. The van der Waals surface area contributed by atoms with Gasteiger partial charge in [0.25, 0.3) is 0 Å². The van der Waals surface area contributed by atoms with Gasteiger partial charge in [0.05, 0.1) is 5.56 Å². The van der Waals surface area contributed by atoms with Crippen molar-refractivity contribution >= 4 is 12.1 Å². The lowest BCUT2D eigenvalue weighted by atomic mass is 10.1. The van der Waals surface area contributed by atoms with Crippen molar-refractivity contribution in [3.05, 3.63) is 65.0 Å². The average Bonchev–Trinajstić information content (AvgIpc) is 2.45. The summed E-state index contributed by atoms with van der Waals surface area (Å²) in [6.07, 6.45) is 0.451. The van der Waals surface area contributed by atoms with Crippen LogP contribution in [-0.4, -0.2) is 18.7 Å². The Labute approximate surface area is 118 Å². The Kier molecular flexibility index (Phi) is 4.37. The molecule has 21 heavy (non-hydrogen) atoms. The van der Waals surface area contributed by atoms with E-state index in [-0.39, 0.29) is 11.3 Å². The second-order valence-corrected chi connectivity index (χ2v) is 4.12. The van der Waals surface area contributed by atoms with Gasteiger partial charge in [0.2, 0.25) is 5.78 Å². The van der Waals surface area contributed by atoms with Crippen LogP contribution in [0.4, 0.5) is 13.2 Å². The first-order valence-electron chi connectivity index (χ1n) is 5.87. The molecule has 0 radical (unpaired) electrons. The fourth-order valence-corrected chi connectivity index (χ4v) is 1.69. The van der Waals surface area contributed by atoms with Crippen molar-refractivity contribution in [2.24, 2.45) is 0 Å². The predicted octanol–water partition coefficient (Wildman–Crippen LogP) is 3.18. The van der Waals surface area contributed by atoms with E-state index in [4.69, 9.17) is 4.74 Å². The number of hydrogen-bond donors (Lipinski definition) is 0. The monoisotopic (exact) mass is 294 g/mol. The van der Waals surface area contributed by atoms with Gasteiger partial charge in [0.15, 0.2) is 18.2 Å². The zero-order valence-corrected chi connectivity index (χ0v) is 10.6. The number of hydrogen-bond acceptors (Lipinski definition) is 3. The number of carbonyl (C=O) groups excluding carboxylic acids is 2. The van der Waals surface area contributed by atoms with E-state index in [0.717, 1.165) is 30.3 Å². The van der Waals surface area contributed by atoms with Crippen molar-refractivity contribution < 1.29 is 27.5 Å². The Morgan fingerprint density at radius 3 is 2.29 bits per heavy atom. The lowest BCUT2D eigenvalue weighted by Crippen LogP contribution is -2.15. The van der Waals surface area contributed by atoms with E-state index >= 15 is 0 Å². The standard InChI is InChI=1S/C15H9F3O3/c16-10-2-1-3-11(17)15(10)13(20)8-21-14-5-4-9(7-19)6-12(14)18/h1-7H,8H2. The molecule has 0 amide bonds. The molecule has 0 unspecified atom stereocenters. The maximum absolute atomic E-state index is 13.5. The minimum absolute atomic E-state index is 0.103. The molecule has 0 fully saturated rings. The zero-order valence-electron chi connectivity index (χ0n) is 10.6. The lowest BCUT2D eigenvalue weighted by Gasteiger charge is -2.08. The number of ether oxygens (including phenoxy) is 1. The van der Waals surface area contributed by atoms with Gasteiger partial charge in [0.1, 0.15) is 17.9 Å². The van der Waals surface area contributed by atoms with Crippen LogP contribution in [-0.2, 0) is 0 Å². The molecule has 0 aliphatic rings. The Hall–Kier alpha value is -2.63. The van der Waals surface area contributed by atoms with Crippen LogP contribution in [0.5, 0.6) is 5.75 Å². The third kappa shape index (κ3) is 3.28. The van der Waals surface area contributed by atoms with E-state index in [2.05, 4.69) is 0 Å². The molecule has 2 aromatic rings. The topological polar surface area (TPSA) is 43.4 Å². The molecule has 0 aromatic heterocycles. The van der Waals surface area contributed by atoms with E-state index in [0.29, 0.717) is 6.29 Å². The van der Waals surface area contributed by atoms with Crippen molar-refractivity contribution in [2.75, 3.05) is 6.61 Å². The molecule has 0 bridgehead atoms. The third-order valence-corrected chi connectivity index (χ3v) is 2.69. The van der Waals surface area contributed by atoms with Crippen molar-refractivity contribution in [3.63, 3.8) is 0 Å². The minimum Gasteiger partial charge on any atom is -0.482 e. The van der Waals surface area contributed by atoms with Gasteiger partial charge >= 0.3 is 0 Å². The highest BCUT2D eigenvalue weighted by atomic mass is 19.1. The number of benzene rings is 2. The summed E-state index contributed by atoms with van der Waals surface area (Å²) in [7, 11) is 0. The molecule has 0 spiro atoms. The number of halogens is 3. The summed E-state index contributed by atoms with van der Waals surface area (Å²) in [4.78, 5) is 22.2. The normalized spacial score (nSPS) is 10.2. The molecular formula is C15H9F3O3. The van der Waals surface area contributed by atoms with Gasteiger partial charge in [-0.25, -0.2) is 13.2 Å². The summed E-state index contributed by atoms with van der Waals surface area (Å²) >= 11 is 0. The first-order chi connectivity index (χ1) is 10.0. The Morgan fingerprint density at radius 2 is 1.71 bits per heavy atom. The highest BCUT2D eigenvalue weighted by Gasteiger charge is 2.18. The van der Waals surface area contributed by atoms with E-state index in [1.54, 1.807) is 0 Å². The Morgan fingerprint density at radius 1 is 1.05 bits per heavy atom. The molecule has 0 N–H and O–H groups in total. The SMILES string of the molecule is O=Cc1ccc(OCC(=O)c2c(F)cccc2F)c(F)c1. The summed E-state index contributed by atoms with van der Waals surface area (Å²) in [5, 5.41) is 0. The van der Waals surface area contributed by atoms with E-state index in [1.165, 1.54) is 6.07 Å². The molecule has 0 saturated heterocycles. The van der Waals surface area contributed by atoms with Gasteiger partial charge in [-0.05, 0) is 30.3 Å². The highest BCUT2D eigenvalue weighted by molar-refractivity contribution is 5.97. The van der Waals surface area contributed by atoms with Gasteiger partial charge in [-0.3, -0.25) is 9.59 Å². The van der Waals surface area contributed by atoms with Crippen LogP contribution >= 0.6 is 0 Å². The number of Topliss-reactive ketones (excluding diaryl/α,β-unsaturated/α-hetero) is 1. The molecule has 0 atom stereocenters. The van der Waals surface area contributed by atoms with Gasteiger partial charge in [-0.1, -0.05) is 6.07 Å². The number of carbonyl (C=O) groups is 2. The van der Waals surface area contributed by atoms with Crippen molar-refractivity contribution in [1.29, 1.82) is 0 Å². The first-order valence-corrected chi connectivity index (χ1v) is 5.87. The highest BCUT2D eigenvalue weighted by Crippen LogP contribution is 2.19. The largest absolute Gasteiger partial charge is 0.482 e. The summed E-state index contributed by atoms with van der Waals surface area (Å²) in [6, 6.07) is 6.38. The van der Waals surface area contributed by atoms with Crippen LogP contribution in [0.3, 0.4) is 0 Å². The molecule has 0 aliphatic heterocycles. The van der Waals surface area contributed by atoms with Crippen molar-refractivity contribution in [3.8, 4) is 5.75 Å². The van der Waals surface area contributed by atoms with Gasteiger partial charge in [-0.15, -0.1) is 0 Å². The molecule has 3 nitrogen and oxygen atoms in total. The number of aldehydes is 1. The Balaban J connectivity index is 2.13. The molecule has 2 aromatic carbocycles. The number of rotatable bonds is 5. The summed E-state index contributed by atoms with van der Waals surface area (Å²) in [6.45, 7) is -0.727. The van der Waals surface area contributed by atoms with E-state index in [1.807, 2.05) is 0 Å². The van der Waals surface area contributed by atoms with Crippen molar-refractivity contribution in [2.45, 2.75) is 0 Å². The van der Waals surface area contributed by atoms with Crippen LogP contribution in [0.1, 0.15) is 20.7 Å². The second kappa shape index (κ2) is 6.21. The summed E-state index contributed by atoms with van der Waals surface area (Å²) < 4.78 is 45.1. The molecular weight excluding hydrogens is 285 g/mol. The zero-order chi connectivity index (χ0) is 15.4. The molecule has 6 heteroatoms. The summed E-state index contributed by atoms with van der Waals surface area (Å²) in [5.41, 5.74) is -0.631. The van der Waals surface area contributed by atoms with Crippen LogP contribution in [0.2, 0.25) is 0 Å². The van der Waals surface area contributed by atoms with Gasteiger partial charge in [-0.2, -0.15) is 0 Å². The fraction of sp³-hybridized carbons (Fsp3) is 0.0667. The molecule has 0 saturated carbocycles. The molecule has 0 aliphatic carbocycles.